The van der Waals surface area contributed by atoms with Crippen molar-refractivity contribution in [3.05, 3.63) is 42.5 Å². The first kappa shape index (κ1) is 10.1. The van der Waals surface area contributed by atoms with Gasteiger partial charge in [-0.15, -0.1) is 0 Å². The lowest BCUT2D eigenvalue weighted by Crippen LogP contribution is -2.68. The van der Waals surface area contributed by atoms with Crippen molar-refractivity contribution in [1.29, 1.82) is 0 Å². The van der Waals surface area contributed by atoms with Crippen LogP contribution in [0.15, 0.2) is 42.5 Å². The number of carbonyl (C=O) groups excluding carboxylic acids is 2. The summed E-state index contributed by atoms with van der Waals surface area (Å²) in [7, 11) is 0. The van der Waals surface area contributed by atoms with E-state index in [9.17, 15) is 9.59 Å². The molecule has 1 aromatic rings. The minimum Gasteiger partial charge on any atom is -0.478 e. The molecule has 2 aliphatic heterocycles. The van der Waals surface area contributed by atoms with Gasteiger partial charge in [0, 0.05) is 0 Å². The van der Waals surface area contributed by atoms with Crippen LogP contribution in [0.5, 0.6) is 5.75 Å². The second kappa shape index (κ2) is 3.73. The summed E-state index contributed by atoms with van der Waals surface area (Å²) in [5.74, 6) is 0.528. The number of carbonyl (C=O) groups is 2. The van der Waals surface area contributed by atoms with E-state index in [1.54, 1.807) is 6.08 Å². The zero-order valence-electron chi connectivity index (χ0n) is 9.08. The van der Waals surface area contributed by atoms with Crippen LogP contribution in [-0.2, 0) is 9.59 Å². The molecule has 1 saturated heterocycles. The highest BCUT2D eigenvalue weighted by atomic mass is 16.5. The van der Waals surface area contributed by atoms with Crippen molar-refractivity contribution in [2.24, 2.45) is 0 Å². The zero-order chi connectivity index (χ0) is 11.8. The molecule has 0 aromatic heterocycles. The first-order valence-corrected chi connectivity index (χ1v) is 5.49. The summed E-state index contributed by atoms with van der Waals surface area (Å²) in [5.41, 5.74) is 0. The highest BCUT2D eigenvalue weighted by Crippen LogP contribution is 2.28. The van der Waals surface area contributed by atoms with Gasteiger partial charge < -0.3 is 9.64 Å². The van der Waals surface area contributed by atoms with Gasteiger partial charge in [0.25, 0.3) is 5.91 Å². The Morgan fingerprint density at radius 1 is 1.18 bits per heavy atom. The Labute approximate surface area is 98.5 Å². The van der Waals surface area contributed by atoms with Crippen LogP contribution < -0.4 is 4.74 Å². The molecule has 0 saturated carbocycles. The van der Waals surface area contributed by atoms with E-state index < -0.39 is 6.10 Å². The number of rotatable bonds is 2. The Morgan fingerprint density at radius 3 is 2.71 bits per heavy atom. The second-order valence-corrected chi connectivity index (χ2v) is 4.13. The van der Waals surface area contributed by atoms with Crippen molar-refractivity contribution in [2.45, 2.75) is 12.1 Å². The molecule has 2 atom stereocenters. The van der Waals surface area contributed by atoms with E-state index in [1.165, 1.54) is 11.0 Å². The van der Waals surface area contributed by atoms with E-state index in [1.807, 2.05) is 30.3 Å². The lowest BCUT2D eigenvalue weighted by atomic mass is 9.93. The van der Waals surface area contributed by atoms with Gasteiger partial charge in [-0.25, -0.2) is 0 Å². The summed E-state index contributed by atoms with van der Waals surface area (Å²) >= 11 is 0. The number of ketones is 1. The van der Waals surface area contributed by atoms with E-state index in [0.717, 1.165) is 0 Å². The molecule has 0 N–H and O–H groups in total. The van der Waals surface area contributed by atoms with Crippen LogP contribution in [-0.4, -0.2) is 35.3 Å². The summed E-state index contributed by atoms with van der Waals surface area (Å²) in [6, 6.07) is 9.13. The minimum absolute atomic E-state index is 0.0345. The third kappa shape index (κ3) is 1.62. The van der Waals surface area contributed by atoms with Crippen molar-refractivity contribution in [3.8, 4) is 5.75 Å². The number of ether oxygens (including phenoxy) is 1. The van der Waals surface area contributed by atoms with Crippen LogP contribution in [0.3, 0.4) is 0 Å². The van der Waals surface area contributed by atoms with E-state index in [-0.39, 0.29) is 24.3 Å². The fourth-order valence-electron chi connectivity index (χ4n) is 2.12. The van der Waals surface area contributed by atoms with E-state index in [4.69, 9.17) is 4.74 Å². The minimum atomic E-state index is -0.484. The molecule has 17 heavy (non-hydrogen) atoms. The molecule has 4 heteroatoms. The van der Waals surface area contributed by atoms with Gasteiger partial charge in [-0.1, -0.05) is 24.3 Å². The van der Waals surface area contributed by atoms with Crippen molar-refractivity contribution < 1.29 is 14.3 Å². The fraction of sp³-hybridized carbons (Fsp3) is 0.231. The Balaban J connectivity index is 1.76. The molecule has 1 aromatic carbocycles. The van der Waals surface area contributed by atoms with E-state index in [2.05, 4.69) is 0 Å². The number of para-hydroxylation sites is 1. The lowest BCUT2D eigenvalue weighted by Gasteiger charge is -2.46. The van der Waals surface area contributed by atoms with E-state index >= 15 is 0 Å². The van der Waals surface area contributed by atoms with Crippen LogP contribution in [0.1, 0.15) is 0 Å². The molecule has 0 radical (unpaired) electrons. The van der Waals surface area contributed by atoms with Gasteiger partial charge in [-0.05, 0) is 18.2 Å². The molecule has 0 bridgehead atoms. The summed E-state index contributed by atoms with van der Waals surface area (Å²) in [4.78, 5) is 24.4. The molecule has 1 amide bonds. The number of β-lactam (4-membered cyclic amide) rings is 1. The van der Waals surface area contributed by atoms with Gasteiger partial charge in [0.1, 0.15) is 5.75 Å². The molecule has 2 aliphatic rings. The molecule has 86 valence electrons. The maximum atomic E-state index is 11.8. The van der Waals surface area contributed by atoms with Gasteiger partial charge >= 0.3 is 0 Å². The van der Waals surface area contributed by atoms with Gasteiger partial charge in [0.15, 0.2) is 5.78 Å². The molecule has 1 fully saturated rings. The third-order valence-corrected chi connectivity index (χ3v) is 3.01. The van der Waals surface area contributed by atoms with Crippen molar-refractivity contribution in [2.75, 3.05) is 6.54 Å². The number of nitrogens with zero attached hydrogens (tertiary/aromatic N) is 1. The first-order valence-electron chi connectivity index (χ1n) is 5.49. The Morgan fingerprint density at radius 2 is 1.94 bits per heavy atom. The molecule has 0 spiro atoms. The predicted molar refractivity (Wildman–Crippen MR) is 60.5 cm³/mol. The van der Waals surface area contributed by atoms with Crippen LogP contribution in [0.25, 0.3) is 0 Å². The number of amides is 1. The highest BCUT2D eigenvalue weighted by molar-refractivity contribution is 6.00. The molecule has 4 nitrogen and oxygen atoms in total. The predicted octanol–water partition coefficient (Wildman–Crippen LogP) is 0.784. The van der Waals surface area contributed by atoms with Crippen LogP contribution >= 0.6 is 0 Å². The standard InChI is InChI=1S/C13H11NO3/c15-9-6-7-11-12(13(16)14(11)8-9)17-10-4-2-1-3-5-10/h1-7,11-12H,8H2/t11-,12+/m0/s1. The van der Waals surface area contributed by atoms with E-state index in [0.29, 0.717) is 5.75 Å². The molecule has 0 aliphatic carbocycles. The number of hydrogen-bond acceptors (Lipinski definition) is 3. The largest absolute Gasteiger partial charge is 0.478 e. The maximum Gasteiger partial charge on any atom is 0.267 e. The second-order valence-electron chi connectivity index (χ2n) is 4.13. The highest BCUT2D eigenvalue weighted by Gasteiger charge is 2.49. The Bertz CT molecular complexity index is 495. The lowest BCUT2D eigenvalue weighted by molar-refractivity contribution is -0.161. The Hall–Kier alpha value is -2.10. The number of hydrogen-bond donors (Lipinski definition) is 0. The van der Waals surface area contributed by atoms with Gasteiger partial charge in [0.2, 0.25) is 6.10 Å². The topological polar surface area (TPSA) is 46.6 Å². The quantitative estimate of drug-likeness (QED) is 0.704. The van der Waals surface area contributed by atoms with Gasteiger partial charge in [-0.3, -0.25) is 9.59 Å². The average Bonchev–Trinajstić information content (AvgIpc) is 2.37. The van der Waals surface area contributed by atoms with Gasteiger partial charge in [0.05, 0.1) is 12.6 Å². The maximum absolute atomic E-state index is 11.8. The molecule has 3 rings (SSSR count). The molecular formula is C13H11NO3. The summed E-state index contributed by atoms with van der Waals surface area (Å²) in [6.45, 7) is 0.175. The Kier molecular flexibility index (Phi) is 2.21. The summed E-state index contributed by atoms with van der Waals surface area (Å²) < 4.78 is 5.61. The van der Waals surface area contributed by atoms with Gasteiger partial charge in [-0.2, -0.15) is 0 Å². The van der Waals surface area contributed by atoms with Crippen LogP contribution in [0.2, 0.25) is 0 Å². The summed E-state index contributed by atoms with van der Waals surface area (Å²) in [5, 5.41) is 0. The number of fused-ring (bicyclic) bond motifs is 1. The first-order chi connectivity index (χ1) is 8.25. The smallest absolute Gasteiger partial charge is 0.267 e. The third-order valence-electron chi connectivity index (χ3n) is 3.01. The van der Waals surface area contributed by atoms with Crippen molar-refractivity contribution in [1.82, 2.24) is 4.90 Å². The van der Waals surface area contributed by atoms with Crippen molar-refractivity contribution in [3.63, 3.8) is 0 Å². The fourth-order valence-corrected chi connectivity index (χ4v) is 2.12. The molecule has 0 unspecified atom stereocenters. The SMILES string of the molecule is O=C1C=C[C@H]2[C@@H](Oc3ccccc3)C(=O)N2C1. The van der Waals surface area contributed by atoms with Crippen LogP contribution in [0.4, 0.5) is 0 Å². The zero-order valence-corrected chi connectivity index (χ0v) is 9.08. The molecular weight excluding hydrogens is 218 g/mol. The number of benzene rings is 1. The van der Waals surface area contributed by atoms with Crippen LogP contribution in [0, 0.1) is 0 Å². The normalized spacial score (nSPS) is 26.5. The van der Waals surface area contributed by atoms with Crippen molar-refractivity contribution >= 4 is 11.7 Å². The summed E-state index contributed by atoms with van der Waals surface area (Å²) in [6.07, 6.45) is 2.78. The molecule has 2 heterocycles. The average molecular weight is 229 g/mol. The monoisotopic (exact) mass is 229 g/mol.